The van der Waals surface area contributed by atoms with Crippen LogP contribution in [-0.4, -0.2) is 18.2 Å². The minimum Gasteiger partial charge on any atom is -0.505 e. The maximum atomic E-state index is 12.7. The van der Waals surface area contributed by atoms with E-state index in [0.29, 0.717) is 26.5 Å². The van der Waals surface area contributed by atoms with Crippen molar-refractivity contribution in [1.29, 1.82) is 0 Å². The molecule has 1 aliphatic carbocycles. The molecule has 0 spiro atoms. The number of esters is 1. The zero-order chi connectivity index (χ0) is 23.5. The van der Waals surface area contributed by atoms with Crippen molar-refractivity contribution >= 4 is 104 Å². The number of carbonyl (C=O) groups excluding carboxylic acids is 1. The van der Waals surface area contributed by atoms with E-state index in [-0.39, 0.29) is 51.5 Å². The molecule has 4 rings (SSSR count). The smallest absolute Gasteiger partial charge is 0.340 e. The quantitative estimate of drug-likeness (QED) is 0.166. The predicted molar refractivity (Wildman–Crippen MR) is 138 cm³/mol. The van der Waals surface area contributed by atoms with Crippen molar-refractivity contribution in [3.8, 4) is 28.2 Å². The number of aromatic hydroxyl groups is 1. The molecule has 2 aliphatic rings. The van der Waals surface area contributed by atoms with E-state index >= 15 is 0 Å². The SMILES string of the molecule is COC(=O)c1c(Cl)ccc(Cl)c1-c1c2cc(Br)c(=O)c(Br)c-2oc2c(Br)c(O)c(Br)cc12. The van der Waals surface area contributed by atoms with Crippen molar-refractivity contribution in [1.82, 2.24) is 0 Å². The fourth-order valence-corrected chi connectivity index (χ4v) is 6.25. The number of rotatable bonds is 2. The summed E-state index contributed by atoms with van der Waals surface area (Å²) in [4.78, 5) is 25.3. The minimum atomic E-state index is -0.690. The van der Waals surface area contributed by atoms with Crippen molar-refractivity contribution in [2.24, 2.45) is 0 Å². The van der Waals surface area contributed by atoms with Gasteiger partial charge in [0.25, 0.3) is 0 Å². The third-order valence-electron chi connectivity index (χ3n) is 4.77. The second-order valence-corrected chi connectivity index (χ2v) is 10.6. The van der Waals surface area contributed by atoms with Gasteiger partial charge in [0.1, 0.15) is 14.7 Å². The van der Waals surface area contributed by atoms with E-state index in [2.05, 4.69) is 63.7 Å². The first-order valence-electron chi connectivity index (χ1n) is 8.60. The molecule has 0 radical (unpaired) electrons. The van der Waals surface area contributed by atoms with E-state index in [1.54, 1.807) is 18.2 Å². The second kappa shape index (κ2) is 8.92. The van der Waals surface area contributed by atoms with Gasteiger partial charge < -0.3 is 14.3 Å². The van der Waals surface area contributed by atoms with Gasteiger partial charge in [0.2, 0.25) is 5.43 Å². The monoisotopic (exact) mass is 726 g/mol. The maximum absolute atomic E-state index is 12.7. The van der Waals surface area contributed by atoms with Gasteiger partial charge in [-0.3, -0.25) is 4.79 Å². The van der Waals surface area contributed by atoms with Crippen LogP contribution in [0.25, 0.3) is 33.4 Å². The molecule has 11 heteroatoms. The molecule has 5 nitrogen and oxygen atoms in total. The lowest BCUT2D eigenvalue weighted by Gasteiger charge is -2.21. The molecule has 2 aromatic rings. The Hall–Kier alpha value is -1.10. The highest BCUT2D eigenvalue weighted by Crippen LogP contribution is 2.51. The summed E-state index contributed by atoms with van der Waals surface area (Å²) in [6, 6.07) is 6.26. The summed E-state index contributed by atoms with van der Waals surface area (Å²) in [6.45, 7) is 0. The van der Waals surface area contributed by atoms with Crippen LogP contribution in [0, 0.1) is 0 Å². The number of benzene rings is 3. The summed E-state index contributed by atoms with van der Waals surface area (Å²) in [7, 11) is 1.24. The van der Waals surface area contributed by atoms with E-state index in [1.165, 1.54) is 13.2 Å². The second-order valence-electron chi connectivity index (χ2n) is 6.52. The lowest BCUT2D eigenvalue weighted by molar-refractivity contribution is 0.0602. The molecule has 2 aromatic carbocycles. The van der Waals surface area contributed by atoms with Gasteiger partial charge in [-0.25, -0.2) is 4.79 Å². The molecule has 1 N–H and O–H groups in total. The number of methoxy groups -OCH3 is 1. The van der Waals surface area contributed by atoms with Gasteiger partial charge in [-0.15, -0.1) is 0 Å². The number of carbonyl (C=O) groups is 1. The van der Waals surface area contributed by atoms with Crippen LogP contribution in [-0.2, 0) is 4.74 Å². The fourth-order valence-electron chi connectivity index (χ4n) is 3.36. The molecule has 0 saturated heterocycles. The molecule has 0 amide bonds. The van der Waals surface area contributed by atoms with Gasteiger partial charge in [-0.2, -0.15) is 0 Å². The molecule has 0 fully saturated rings. The molecule has 32 heavy (non-hydrogen) atoms. The summed E-state index contributed by atoms with van der Waals surface area (Å²) in [5.41, 5.74) is 1.15. The van der Waals surface area contributed by atoms with Gasteiger partial charge in [0, 0.05) is 27.1 Å². The van der Waals surface area contributed by atoms with E-state index in [1.807, 2.05) is 0 Å². The zero-order valence-corrected chi connectivity index (χ0v) is 23.5. The van der Waals surface area contributed by atoms with Crippen LogP contribution in [0.4, 0.5) is 0 Å². The van der Waals surface area contributed by atoms with Crippen LogP contribution in [0.2, 0.25) is 10.0 Å². The van der Waals surface area contributed by atoms with Crippen molar-refractivity contribution in [3.05, 3.63) is 68.0 Å². The van der Waals surface area contributed by atoms with E-state index in [9.17, 15) is 14.7 Å². The standard InChI is InChI=1S/C21H8Br4Cl2O5/c1-31-21(30)14-11(27)3-2-10(26)13(14)12-6-4-8(22)17(28)15(24)19(6)32-20-7(12)5-9(23)18(29)16(20)25/h2-5,28H,1H3. The Balaban J connectivity index is 2.37. The molecule has 0 atom stereocenters. The van der Waals surface area contributed by atoms with E-state index in [0.717, 1.165) is 0 Å². The third-order valence-corrected chi connectivity index (χ3v) is 8.05. The Kier molecular flexibility index (Phi) is 6.70. The molecule has 0 unspecified atom stereocenters. The average Bonchev–Trinajstić information content (AvgIpc) is 2.76. The first-order chi connectivity index (χ1) is 15.1. The zero-order valence-electron chi connectivity index (χ0n) is 15.7. The maximum Gasteiger partial charge on any atom is 0.340 e. The number of fused-ring (bicyclic) bond motifs is 2. The average molecular weight is 731 g/mol. The van der Waals surface area contributed by atoms with Gasteiger partial charge in [-0.1, -0.05) is 23.2 Å². The summed E-state index contributed by atoms with van der Waals surface area (Å²) < 4.78 is 12.0. The number of hydrogen-bond donors (Lipinski definition) is 1. The van der Waals surface area contributed by atoms with Gasteiger partial charge in [0.15, 0.2) is 11.3 Å². The van der Waals surface area contributed by atoms with Crippen molar-refractivity contribution < 1.29 is 19.1 Å². The number of ether oxygens (including phenoxy) is 1. The van der Waals surface area contributed by atoms with Crippen LogP contribution >= 0.6 is 86.9 Å². The number of halogens is 6. The normalized spacial score (nSPS) is 11.3. The molecule has 0 aromatic heterocycles. The summed E-state index contributed by atoms with van der Waals surface area (Å²) in [5, 5.41) is 11.3. The Morgan fingerprint density at radius 2 is 1.66 bits per heavy atom. The number of phenolic OH excluding ortho intramolecular Hbond substituents is 1. The largest absolute Gasteiger partial charge is 0.505 e. The van der Waals surface area contributed by atoms with E-state index < -0.39 is 5.97 Å². The lowest BCUT2D eigenvalue weighted by Crippen LogP contribution is -2.09. The minimum absolute atomic E-state index is 0.0502. The molecule has 164 valence electrons. The molecular weight excluding hydrogens is 723 g/mol. The Labute approximate surface area is 224 Å². The van der Waals surface area contributed by atoms with Crippen molar-refractivity contribution in [2.45, 2.75) is 0 Å². The fraction of sp³-hybridized carbons (Fsp3) is 0.0476. The van der Waals surface area contributed by atoms with E-state index in [4.69, 9.17) is 32.4 Å². The first kappa shape index (κ1) is 24.0. The number of hydrogen-bond acceptors (Lipinski definition) is 5. The Morgan fingerprint density at radius 3 is 2.31 bits per heavy atom. The highest BCUT2D eigenvalue weighted by Gasteiger charge is 2.30. The number of phenols is 1. The van der Waals surface area contributed by atoms with Crippen LogP contribution < -0.4 is 5.43 Å². The van der Waals surface area contributed by atoms with Gasteiger partial charge in [0.05, 0.1) is 26.6 Å². The molecule has 0 bridgehead atoms. The predicted octanol–water partition coefficient (Wildman–Crippen LogP) is 8.41. The van der Waals surface area contributed by atoms with Crippen LogP contribution in [0.3, 0.4) is 0 Å². The summed E-state index contributed by atoms with van der Waals surface area (Å²) >= 11 is 26.3. The third kappa shape index (κ3) is 3.71. The van der Waals surface area contributed by atoms with Crippen LogP contribution in [0.15, 0.2) is 51.4 Å². The lowest BCUT2D eigenvalue weighted by atomic mass is 9.90. The summed E-state index contributed by atoms with van der Waals surface area (Å²) in [5.74, 6) is -0.604. The molecule has 1 aliphatic heterocycles. The van der Waals surface area contributed by atoms with Crippen LogP contribution in [0.1, 0.15) is 10.4 Å². The first-order valence-corrected chi connectivity index (χ1v) is 12.5. The highest BCUT2D eigenvalue weighted by molar-refractivity contribution is 9.11. The van der Waals surface area contributed by atoms with Crippen molar-refractivity contribution in [3.63, 3.8) is 0 Å². The molecule has 0 saturated carbocycles. The van der Waals surface area contributed by atoms with Gasteiger partial charge >= 0.3 is 5.97 Å². The van der Waals surface area contributed by atoms with Gasteiger partial charge in [-0.05, 0) is 88.0 Å². The Morgan fingerprint density at radius 1 is 1.00 bits per heavy atom. The van der Waals surface area contributed by atoms with Crippen molar-refractivity contribution in [2.75, 3.05) is 7.11 Å². The summed E-state index contributed by atoms with van der Waals surface area (Å²) in [6.07, 6.45) is 0. The topological polar surface area (TPSA) is 76.7 Å². The Bertz CT molecular complexity index is 1480. The molecular formula is C21H8Br4Cl2O5. The van der Waals surface area contributed by atoms with Crippen LogP contribution in [0.5, 0.6) is 5.75 Å². The highest BCUT2D eigenvalue weighted by atomic mass is 79.9. The molecule has 1 heterocycles.